The predicted molar refractivity (Wildman–Crippen MR) is 113 cm³/mol. The quantitative estimate of drug-likeness (QED) is 0.379. The molecule has 6 heteroatoms. The molecule has 1 aromatic rings. The first-order valence-electron chi connectivity index (χ1n) is 8.35. The number of pyridine rings is 1. The zero-order chi connectivity index (χ0) is 17.4. The first kappa shape index (κ1) is 22.9. The van der Waals surface area contributed by atoms with Crippen LogP contribution in [0.25, 0.3) is 0 Å². The van der Waals surface area contributed by atoms with E-state index in [1.807, 2.05) is 20.0 Å². The minimum absolute atomic E-state index is 0. The van der Waals surface area contributed by atoms with E-state index in [-0.39, 0.29) is 24.0 Å². The van der Waals surface area contributed by atoms with Gasteiger partial charge < -0.3 is 15.4 Å². The van der Waals surface area contributed by atoms with Gasteiger partial charge >= 0.3 is 0 Å². The summed E-state index contributed by atoms with van der Waals surface area (Å²) in [7, 11) is 3.49. The smallest absolute Gasteiger partial charge is 0.191 e. The Morgan fingerprint density at radius 2 is 1.92 bits per heavy atom. The maximum Gasteiger partial charge on any atom is 0.191 e. The summed E-state index contributed by atoms with van der Waals surface area (Å²) in [6.45, 7) is 11.4. The summed E-state index contributed by atoms with van der Waals surface area (Å²) in [5.74, 6) is 2.44. The molecule has 24 heavy (non-hydrogen) atoms. The van der Waals surface area contributed by atoms with E-state index in [1.165, 1.54) is 6.42 Å². The van der Waals surface area contributed by atoms with Crippen molar-refractivity contribution in [1.82, 2.24) is 15.6 Å². The Morgan fingerprint density at radius 1 is 1.25 bits per heavy atom. The van der Waals surface area contributed by atoms with E-state index in [1.54, 1.807) is 14.2 Å². The number of guanidine groups is 1. The molecule has 0 fully saturated rings. The van der Waals surface area contributed by atoms with Crippen molar-refractivity contribution in [3.05, 3.63) is 23.0 Å². The van der Waals surface area contributed by atoms with Crippen molar-refractivity contribution in [2.24, 2.45) is 10.9 Å². The minimum Gasteiger partial charge on any atom is -0.496 e. The van der Waals surface area contributed by atoms with E-state index >= 15 is 0 Å². The molecule has 138 valence electrons. The summed E-state index contributed by atoms with van der Waals surface area (Å²) >= 11 is 0. The SMILES string of the molecule is CN=C(NCc1ncc(C)c(OC)c1C)NC(C)CCC(C)C.I. The number of methoxy groups -OCH3 is 1. The van der Waals surface area contributed by atoms with Gasteiger partial charge in [-0.3, -0.25) is 9.98 Å². The normalized spacial score (nSPS) is 12.6. The van der Waals surface area contributed by atoms with E-state index in [2.05, 4.69) is 41.4 Å². The molecule has 0 aliphatic heterocycles. The number of nitrogens with one attached hydrogen (secondary N) is 2. The molecule has 5 nitrogen and oxygen atoms in total. The highest BCUT2D eigenvalue weighted by molar-refractivity contribution is 14.0. The van der Waals surface area contributed by atoms with Crippen molar-refractivity contribution in [3.63, 3.8) is 0 Å². The number of aromatic nitrogens is 1. The highest BCUT2D eigenvalue weighted by Crippen LogP contribution is 2.23. The molecular formula is C18H33IN4O. The van der Waals surface area contributed by atoms with Crippen LogP contribution in [0.4, 0.5) is 0 Å². The Kier molecular flexibility index (Phi) is 11.0. The number of halogens is 1. The third-order valence-corrected chi connectivity index (χ3v) is 3.96. The molecule has 1 unspecified atom stereocenters. The fourth-order valence-electron chi connectivity index (χ4n) is 2.50. The number of hydrogen-bond donors (Lipinski definition) is 2. The van der Waals surface area contributed by atoms with Crippen molar-refractivity contribution in [1.29, 1.82) is 0 Å². The van der Waals surface area contributed by atoms with Crippen molar-refractivity contribution < 1.29 is 4.74 Å². The molecule has 1 atom stereocenters. The van der Waals surface area contributed by atoms with Gasteiger partial charge in [0.1, 0.15) is 5.75 Å². The number of aliphatic imine (C=N–C) groups is 1. The van der Waals surface area contributed by atoms with Crippen LogP contribution in [0.3, 0.4) is 0 Å². The van der Waals surface area contributed by atoms with Gasteiger partial charge in [-0.1, -0.05) is 13.8 Å². The summed E-state index contributed by atoms with van der Waals surface area (Å²) in [6, 6.07) is 0.394. The van der Waals surface area contributed by atoms with Crippen LogP contribution in [0.15, 0.2) is 11.2 Å². The predicted octanol–water partition coefficient (Wildman–Crippen LogP) is 3.81. The lowest BCUT2D eigenvalue weighted by atomic mass is 10.0. The standard InChI is InChI=1S/C18H32N4O.HI/c1-12(2)8-9-14(4)22-18(19-6)21-11-16-15(5)17(23-7)13(3)10-20-16;/h10,12,14H,8-9,11H2,1-7H3,(H2,19,21,22);1H. The summed E-state index contributed by atoms with van der Waals surface area (Å²) in [5.41, 5.74) is 3.10. The van der Waals surface area contributed by atoms with Gasteiger partial charge in [0.25, 0.3) is 0 Å². The molecular weight excluding hydrogens is 415 g/mol. The topological polar surface area (TPSA) is 58.5 Å². The van der Waals surface area contributed by atoms with Gasteiger partial charge in [0.2, 0.25) is 0 Å². The molecule has 1 rings (SSSR count). The lowest BCUT2D eigenvalue weighted by Gasteiger charge is -2.19. The second-order valence-electron chi connectivity index (χ2n) is 6.49. The van der Waals surface area contributed by atoms with Gasteiger partial charge in [0, 0.05) is 30.4 Å². The fourth-order valence-corrected chi connectivity index (χ4v) is 2.50. The van der Waals surface area contributed by atoms with Gasteiger partial charge in [0.05, 0.1) is 19.3 Å². The highest BCUT2D eigenvalue weighted by Gasteiger charge is 2.11. The van der Waals surface area contributed by atoms with Crippen LogP contribution < -0.4 is 15.4 Å². The second kappa shape index (κ2) is 11.5. The van der Waals surface area contributed by atoms with E-state index < -0.39 is 0 Å². The lowest BCUT2D eigenvalue weighted by Crippen LogP contribution is -2.42. The minimum atomic E-state index is 0. The zero-order valence-corrected chi connectivity index (χ0v) is 18.4. The average Bonchev–Trinajstić information content (AvgIpc) is 2.51. The first-order chi connectivity index (χ1) is 10.9. The van der Waals surface area contributed by atoms with E-state index in [4.69, 9.17) is 4.74 Å². The van der Waals surface area contributed by atoms with Crippen LogP contribution in [0.2, 0.25) is 0 Å². The van der Waals surface area contributed by atoms with Crippen molar-refractivity contribution in [3.8, 4) is 5.75 Å². The summed E-state index contributed by atoms with van der Waals surface area (Å²) in [6.07, 6.45) is 4.19. The maximum atomic E-state index is 5.45. The number of hydrogen-bond acceptors (Lipinski definition) is 3. The Balaban J connectivity index is 0.00000529. The highest BCUT2D eigenvalue weighted by atomic mass is 127. The third-order valence-electron chi connectivity index (χ3n) is 3.96. The van der Waals surface area contributed by atoms with Crippen LogP contribution in [0.1, 0.15) is 50.4 Å². The molecule has 0 bridgehead atoms. The van der Waals surface area contributed by atoms with Gasteiger partial charge in [-0.2, -0.15) is 0 Å². The summed E-state index contributed by atoms with van der Waals surface area (Å²) in [4.78, 5) is 8.80. The number of nitrogens with zero attached hydrogens (tertiary/aromatic N) is 2. The van der Waals surface area contributed by atoms with E-state index in [0.717, 1.165) is 40.9 Å². The van der Waals surface area contributed by atoms with Crippen LogP contribution in [0, 0.1) is 19.8 Å². The molecule has 0 saturated heterocycles. The molecule has 2 N–H and O–H groups in total. The molecule has 0 radical (unpaired) electrons. The number of aryl methyl sites for hydroxylation is 1. The van der Waals surface area contributed by atoms with Crippen LogP contribution in [0.5, 0.6) is 5.75 Å². The Bertz CT molecular complexity index is 532. The van der Waals surface area contributed by atoms with Crippen molar-refractivity contribution in [2.75, 3.05) is 14.2 Å². The van der Waals surface area contributed by atoms with E-state index in [9.17, 15) is 0 Å². The van der Waals surface area contributed by atoms with Crippen LogP contribution in [-0.4, -0.2) is 31.1 Å². The molecule has 1 aromatic heterocycles. The second-order valence-corrected chi connectivity index (χ2v) is 6.49. The van der Waals surface area contributed by atoms with Crippen molar-refractivity contribution in [2.45, 2.75) is 60.0 Å². The van der Waals surface area contributed by atoms with E-state index in [0.29, 0.717) is 12.6 Å². The first-order valence-corrected chi connectivity index (χ1v) is 8.35. The van der Waals surface area contributed by atoms with Gasteiger partial charge in [-0.15, -0.1) is 24.0 Å². The molecule has 0 aromatic carbocycles. The van der Waals surface area contributed by atoms with Gasteiger partial charge in [-0.25, -0.2) is 0 Å². The number of rotatable bonds is 7. The van der Waals surface area contributed by atoms with Crippen LogP contribution >= 0.6 is 24.0 Å². The maximum absolute atomic E-state index is 5.45. The van der Waals surface area contributed by atoms with Crippen LogP contribution in [-0.2, 0) is 6.54 Å². The Labute approximate surface area is 164 Å². The lowest BCUT2D eigenvalue weighted by molar-refractivity contribution is 0.406. The summed E-state index contributed by atoms with van der Waals surface area (Å²) in [5, 5.41) is 6.77. The molecule has 0 spiro atoms. The van der Waals surface area contributed by atoms with Crippen molar-refractivity contribution >= 4 is 29.9 Å². The third kappa shape index (κ3) is 7.23. The fraction of sp³-hybridized carbons (Fsp3) is 0.667. The Hall–Kier alpha value is -1.05. The van der Waals surface area contributed by atoms with Gasteiger partial charge in [-0.05, 0) is 39.5 Å². The molecule has 1 heterocycles. The molecule has 0 aliphatic rings. The van der Waals surface area contributed by atoms with Gasteiger partial charge in [0.15, 0.2) is 5.96 Å². The molecule has 0 amide bonds. The Morgan fingerprint density at radius 3 is 2.46 bits per heavy atom. The number of ether oxygens (including phenoxy) is 1. The molecule has 0 aliphatic carbocycles. The molecule has 0 saturated carbocycles. The average molecular weight is 448 g/mol. The monoisotopic (exact) mass is 448 g/mol. The zero-order valence-electron chi connectivity index (χ0n) is 16.1. The largest absolute Gasteiger partial charge is 0.496 e. The summed E-state index contributed by atoms with van der Waals surface area (Å²) < 4.78 is 5.45.